The average Bonchev–Trinajstić information content (AvgIpc) is 2.71. The molecular weight excluding hydrogens is 286 g/mol. The highest BCUT2D eigenvalue weighted by Gasteiger charge is 2.17. The van der Waals surface area contributed by atoms with E-state index in [0.29, 0.717) is 16.0 Å². The molecule has 1 amide bonds. The number of primary amides is 1. The standard InChI is InChI=1S/C11H12ClN5OS/c1-6(9(13)18)19-11-16-15-10(17(11)14)7-3-2-4-8(12)5-7/h2-6H,14H2,1H3,(H2,13,18). The summed E-state index contributed by atoms with van der Waals surface area (Å²) in [6.45, 7) is 1.68. The van der Waals surface area contributed by atoms with E-state index in [4.69, 9.17) is 23.2 Å². The van der Waals surface area contributed by atoms with E-state index in [1.807, 2.05) is 6.07 Å². The average molecular weight is 298 g/mol. The number of nitrogens with zero attached hydrogens (tertiary/aromatic N) is 3. The topological polar surface area (TPSA) is 99.8 Å². The van der Waals surface area contributed by atoms with E-state index in [1.54, 1.807) is 25.1 Å². The molecule has 1 aromatic carbocycles. The van der Waals surface area contributed by atoms with Crippen LogP contribution in [0.15, 0.2) is 29.4 Å². The normalized spacial score (nSPS) is 12.3. The van der Waals surface area contributed by atoms with Gasteiger partial charge in [-0.2, -0.15) is 0 Å². The Labute approximate surface area is 119 Å². The SMILES string of the molecule is CC(Sc1nnc(-c2cccc(Cl)c2)n1N)C(N)=O. The quantitative estimate of drug-likeness (QED) is 0.654. The molecule has 0 bridgehead atoms. The number of halogens is 1. The number of aromatic nitrogens is 3. The predicted octanol–water partition coefficient (Wildman–Crippen LogP) is 1.28. The van der Waals surface area contributed by atoms with Crippen LogP contribution >= 0.6 is 23.4 Å². The zero-order valence-electron chi connectivity index (χ0n) is 10.1. The number of hydrogen-bond donors (Lipinski definition) is 2. The molecule has 100 valence electrons. The summed E-state index contributed by atoms with van der Waals surface area (Å²) >= 11 is 7.07. The first-order valence-corrected chi connectivity index (χ1v) is 6.67. The van der Waals surface area contributed by atoms with Crippen LogP contribution < -0.4 is 11.6 Å². The summed E-state index contributed by atoms with van der Waals surface area (Å²) in [5.74, 6) is 5.95. The molecule has 1 heterocycles. The van der Waals surface area contributed by atoms with Crippen molar-refractivity contribution in [3.8, 4) is 11.4 Å². The van der Waals surface area contributed by atoms with Gasteiger partial charge in [0.25, 0.3) is 0 Å². The Morgan fingerprint density at radius 2 is 2.21 bits per heavy atom. The lowest BCUT2D eigenvalue weighted by molar-refractivity contribution is -0.117. The summed E-state index contributed by atoms with van der Waals surface area (Å²) < 4.78 is 1.32. The molecule has 0 fully saturated rings. The number of nitrogen functional groups attached to an aromatic ring is 1. The van der Waals surface area contributed by atoms with Gasteiger partial charge in [0.15, 0.2) is 5.82 Å². The first-order chi connectivity index (χ1) is 8.99. The monoisotopic (exact) mass is 297 g/mol. The minimum atomic E-state index is -0.433. The second kappa shape index (κ2) is 5.50. The molecule has 19 heavy (non-hydrogen) atoms. The van der Waals surface area contributed by atoms with Crippen molar-refractivity contribution < 1.29 is 4.79 Å². The maximum atomic E-state index is 11.0. The first kappa shape index (κ1) is 13.7. The molecule has 1 aromatic heterocycles. The van der Waals surface area contributed by atoms with Crippen molar-refractivity contribution >= 4 is 29.3 Å². The Kier molecular flexibility index (Phi) is 3.96. The molecule has 0 aliphatic carbocycles. The van der Waals surface area contributed by atoms with Crippen molar-refractivity contribution in [3.63, 3.8) is 0 Å². The molecule has 6 nitrogen and oxygen atoms in total. The third-order valence-electron chi connectivity index (χ3n) is 2.43. The molecule has 0 saturated heterocycles. The van der Waals surface area contributed by atoms with Gasteiger partial charge < -0.3 is 11.6 Å². The summed E-state index contributed by atoms with van der Waals surface area (Å²) in [5, 5.41) is 8.51. The number of carbonyl (C=O) groups is 1. The number of rotatable bonds is 4. The highest BCUT2D eigenvalue weighted by molar-refractivity contribution is 8.00. The summed E-state index contributed by atoms with van der Waals surface area (Å²) in [4.78, 5) is 11.0. The van der Waals surface area contributed by atoms with Crippen molar-refractivity contribution in [2.45, 2.75) is 17.3 Å². The van der Waals surface area contributed by atoms with E-state index in [9.17, 15) is 4.79 Å². The van der Waals surface area contributed by atoms with Crippen LogP contribution in [0.3, 0.4) is 0 Å². The van der Waals surface area contributed by atoms with Gasteiger partial charge in [-0.25, -0.2) is 4.68 Å². The van der Waals surface area contributed by atoms with Crippen LogP contribution in [0.1, 0.15) is 6.92 Å². The van der Waals surface area contributed by atoms with E-state index in [1.165, 1.54) is 4.68 Å². The second-order valence-corrected chi connectivity index (χ2v) is 5.59. The van der Waals surface area contributed by atoms with Gasteiger partial charge in [0.05, 0.1) is 5.25 Å². The van der Waals surface area contributed by atoms with Crippen molar-refractivity contribution in [2.75, 3.05) is 5.84 Å². The van der Waals surface area contributed by atoms with Crippen molar-refractivity contribution in [1.29, 1.82) is 0 Å². The van der Waals surface area contributed by atoms with Crippen LogP contribution in [0, 0.1) is 0 Å². The zero-order valence-corrected chi connectivity index (χ0v) is 11.6. The zero-order chi connectivity index (χ0) is 14.0. The predicted molar refractivity (Wildman–Crippen MR) is 75.1 cm³/mol. The molecule has 1 atom stereocenters. The summed E-state index contributed by atoms with van der Waals surface area (Å²) in [5.41, 5.74) is 5.95. The van der Waals surface area contributed by atoms with Gasteiger partial charge in [-0.05, 0) is 19.1 Å². The smallest absolute Gasteiger partial charge is 0.230 e. The fraction of sp³-hybridized carbons (Fsp3) is 0.182. The maximum Gasteiger partial charge on any atom is 0.230 e. The van der Waals surface area contributed by atoms with Crippen LogP contribution in [-0.2, 0) is 4.79 Å². The van der Waals surface area contributed by atoms with Crippen LogP contribution in [0.2, 0.25) is 5.02 Å². The summed E-state index contributed by atoms with van der Waals surface area (Å²) in [6, 6.07) is 7.12. The van der Waals surface area contributed by atoms with Crippen LogP contribution in [0.4, 0.5) is 0 Å². The Balaban J connectivity index is 2.30. The molecule has 0 saturated carbocycles. The van der Waals surface area contributed by atoms with Crippen LogP contribution in [-0.4, -0.2) is 26.0 Å². The lowest BCUT2D eigenvalue weighted by Gasteiger charge is -2.06. The Morgan fingerprint density at radius 3 is 2.84 bits per heavy atom. The lowest BCUT2D eigenvalue weighted by atomic mass is 10.2. The summed E-state index contributed by atoms with van der Waals surface area (Å²) in [6.07, 6.45) is 0. The van der Waals surface area contributed by atoms with Gasteiger partial charge >= 0.3 is 0 Å². The number of hydrogen-bond acceptors (Lipinski definition) is 5. The van der Waals surface area contributed by atoms with Crippen molar-refractivity contribution in [2.24, 2.45) is 5.73 Å². The number of amides is 1. The van der Waals surface area contributed by atoms with Gasteiger partial charge in [0.1, 0.15) is 0 Å². The molecule has 2 rings (SSSR count). The molecule has 4 N–H and O–H groups in total. The molecule has 0 aliphatic heterocycles. The Morgan fingerprint density at radius 1 is 1.47 bits per heavy atom. The summed E-state index contributed by atoms with van der Waals surface area (Å²) in [7, 11) is 0. The van der Waals surface area contributed by atoms with E-state index >= 15 is 0 Å². The van der Waals surface area contributed by atoms with Gasteiger partial charge in [0, 0.05) is 10.6 Å². The molecule has 1 unspecified atom stereocenters. The fourth-order valence-corrected chi connectivity index (χ4v) is 2.31. The molecule has 0 radical (unpaired) electrons. The largest absolute Gasteiger partial charge is 0.369 e. The van der Waals surface area contributed by atoms with Crippen LogP contribution in [0.5, 0.6) is 0 Å². The Hall–Kier alpha value is -1.73. The minimum absolute atomic E-state index is 0.418. The third-order valence-corrected chi connectivity index (χ3v) is 3.74. The number of carbonyl (C=O) groups excluding carboxylic acids is 1. The molecule has 8 heteroatoms. The van der Waals surface area contributed by atoms with E-state index < -0.39 is 11.2 Å². The van der Waals surface area contributed by atoms with Gasteiger partial charge in [-0.1, -0.05) is 35.5 Å². The first-order valence-electron chi connectivity index (χ1n) is 5.41. The number of benzene rings is 1. The highest BCUT2D eigenvalue weighted by Crippen LogP contribution is 2.25. The number of thioether (sulfide) groups is 1. The van der Waals surface area contributed by atoms with Crippen molar-refractivity contribution in [3.05, 3.63) is 29.3 Å². The van der Waals surface area contributed by atoms with Gasteiger partial charge in [0.2, 0.25) is 11.1 Å². The fourth-order valence-electron chi connectivity index (χ4n) is 1.40. The lowest BCUT2D eigenvalue weighted by Crippen LogP contribution is -2.23. The Bertz CT molecular complexity index is 615. The maximum absolute atomic E-state index is 11.0. The van der Waals surface area contributed by atoms with Gasteiger partial charge in [-0.15, -0.1) is 10.2 Å². The van der Waals surface area contributed by atoms with E-state index in [2.05, 4.69) is 10.2 Å². The molecule has 2 aromatic rings. The highest BCUT2D eigenvalue weighted by atomic mass is 35.5. The van der Waals surface area contributed by atoms with E-state index in [-0.39, 0.29) is 0 Å². The minimum Gasteiger partial charge on any atom is -0.369 e. The van der Waals surface area contributed by atoms with Crippen molar-refractivity contribution in [1.82, 2.24) is 14.9 Å². The third kappa shape index (κ3) is 2.99. The van der Waals surface area contributed by atoms with E-state index in [0.717, 1.165) is 17.3 Å². The molecular formula is C11H12ClN5OS. The molecule has 0 aliphatic rings. The van der Waals surface area contributed by atoms with Crippen LogP contribution in [0.25, 0.3) is 11.4 Å². The second-order valence-electron chi connectivity index (χ2n) is 3.85. The number of nitrogens with two attached hydrogens (primary N) is 2. The molecule has 0 spiro atoms. The van der Waals surface area contributed by atoms with Gasteiger partial charge in [-0.3, -0.25) is 4.79 Å².